The minimum atomic E-state index is -0.523. The molecule has 0 amide bonds. The van der Waals surface area contributed by atoms with E-state index in [0.717, 1.165) is 39.0 Å². The number of furan rings is 1. The first-order chi connectivity index (χ1) is 34.1. The van der Waals surface area contributed by atoms with Crippen LogP contribution in [0.3, 0.4) is 0 Å². The lowest BCUT2D eigenvalue weighted by molar-refractivity contribution is 0.628. The third kappa shape index (κ3) is 5.88. The number of hydrogen-bond acceptors (Lipinski definition) is 2. The Kier molecular flexibility index (Phi) is 8.85. The lowest BCUT2D eigenvalue weighted by Gasteiger charge is -2.43. The number of rotatable bonds is 7. The monoisotopic (exact) mass is 891 g/mol. The van der Waals surface area contributed by atoms with E-state index < -0.39 is 5.41 Å². The quantitative estimate of drug-likeness (QED) is 0.159. The fourth-order valence-electron chi connectivity index (χ4n) is 12.8. The molecule has 328 valence electrons. The van der Waals surface area contributed by atoms with E-state index in [1.165, 1.54) is 91.0 Å². The number of anilines is 3. The average molecular weight is 892 g/mol. The predicted molar refractivity (Wildman–Crippen MR) is 274 cm³/mol. The van der Waals surface area contributed by atoms with Gasteiger partial charge in [-0.3, -0.25) is 0 Å². The van der Waals surface area contributed by atoms with Crippen molar-refractivity contribution in [2.45, 2.75) is 29.1 Å². The molecule has 2 nitrogen and oxygen atoms in total. The van der Waals surface area contributed by atoms with Crippen LogP contribution < -0.4 is 4.90 Å². The maximum atomic E-state index is 14.3. The maximum absolute atomic E-state index is 14.3. The number of nitrogens with zero attached hydrogens (tertiary/aromatic N) is 1. The Balaban J connectivity index is 0.975. The molecule has 1 heterocycles. The number of hydrogen-bond donors (Lipinski definition) is 0. The molecule has 14 rings (SSSR count). The molecular weight excluding hydrogens is 849 g/mol. The summed E-state index contributed by atoms with van der Waals surface area (Å²) in [7, 11) is 0. The van der Waals surface area contributed by atoms with Crippen molar-refractivity contribution in [3.8, 4) is 11.1 Å². The Morgan fingerprint density at radius 3 is 1.55 bits per heavy atom. The standard InChI is InChI=1S/C65H43F2NO/c66-42-29-33-44(34-30-42)68(45-35-31-43(67)32-36-45)46-37-38-57-52(39-46)62-51(23-14-28-58(62)69-57)64-60(41-17-5-2-6-18-41)63(64)50-22-13-27-56-61(50)49-21-9-12-26-55(49)65(56)53-24-10-7-19-47(53)59(40-15-3-1-4-16-40)48-20-8-11-25-54(48)65/h1-39,59-60,63-64H. The molecule has 3 unspecified atom stereocenters. The van der Waals surface area contributed by atoms with Crippen LogP contribution >= 0.6 is 0 Å². The molecule has 3 aliphatic rings. The first-order valence-corrected chi connectivity index (χ1v) is 23.9. The summed E-state index contributed by atoms with van der Waals surface area (Å²) in [6.07, 6.45) is 0. The summed E-state index contributed by atoms with van der Waals surface area (Å²) in [5.74, 6) is -0.0524. The van der Waals surface area contributed by atoms with Gasteiger partial charge in [0, 0.05) is 33.8 Å². The summed E-state index contributed by atoms with van der Waals surface area (Å²) in [5, 5.41) is 2.09. The molecule has 1 fully saturated rings. The van der Waals surface area contributed by atoms with Gasteiger partial charge < -0.3 is 9.32 Å². The second-order valence-electron chi connectivity index (χ2n) is 18.9. The van der Waals surface area contributed by atoms with E-state index >= 15 is 0 Å². The molecule has 0 aliphatic heterocycles. The number of halogens is 2. The predicted octanol–water partition coefficient (Wildman–Crippen LogP) is 16.9. The molecule has 1 saturated carbocycles. The Morgan fingerprint density at radius 1 is 0.377 bits per heavy atom. The highest BCUT2D eigenvalue weighted by Gasteiger charge is 2.57. The highest BCUT2D eigenvalue weighted by molar-refractivity contribution is 6.09. The summed E-state index contributed by atoms with van der Waals surface area (Å²) in [4.78, 5) is 2.04. The van der Waals surface area contributed by atoms with E-state index in [9.17, 15) is 8.78 Å². The minimum Gasteiger partial charge on any atom is -0.456 e. The van der Waals surface area contributed by atoms with Crippen LogP contribution in [0.25, 0.3) is 33.1 Å². The highest BCUT2D eigenvalue weighted by Crippen LogP contribution is 2.71. The summed E-state index contributed by atoms with van der Waals surface area (Å²) in [5.41, 5.74) is 19.4. The molecule has 0 saturated heterocycles. The molecule has 0 N–H and O–H groups in total. The molecule has 3 aliphatic carbocycles. The SMILES string of the molecule is Fc1ccc(N(c2ccc(F)cc2)c2ccc3oc4cccc(C5C(c6ccccc6)C5c5cccc6c5-c5ccccc5C65c6ccccc6C(c6ccccc6)c6ccccc65)c4c3c2)cc1. The van der Waals surface area contributed by atoms with Crippen molar-refractivity contribution >= 4 is 39.0 Å². The van der Waals surface area contributed by atoms with Crippen LogP contribution in [-0.4, -0.2) is 0 Å². The minimum absolute atomic E-state index is 0.100. The van der Waals surface area contributed by atoms with Crippen molar-refractivity contribution in [2.24, 2.45) is 0 Å². The van der Waals surface area contributed by atoms with Crippen LogP contribution in [0.1, 0.15) is 79.3 Å². The van der Waals surface area contributed by atoms with Crippen molar-refractivity contribution in [3.63, 3.8) is 0 Å². The smallest absolute Gasteiger partial charge is 0.135 e. The second kappa shape index (κ2) is 15.3. The van der Waals surface area contributed by atoms with Gasteiger partial charge in [-0.15, -0.1) is 0 Å². The molecule has 0 bridgehead atoms. The van der Waals surface area contributed by atoms with Gasteiger partial charge >= 0.3 is 0 Å². The molecular formula is C65H43F2NO. The van der Waals surface area contributed by atoms with Crippen molar-refractivity contribution in [2.75, 3.05) is 4.90 Å². The first kappa shape index (κ1) is 39.8. The van der Waals surface area contributed by atoms with Gasteiger partial charge in [0.15, 0.2) is 0 Å². The molecule has 0 radical (unpaired) electrons. The summed E-state index contributed by atoms with van der Waals surface area (Å²) < 4.78 is 35.4. The molecule has 10 aromatic carbocycles. The summed E-state index contributed by atoms with van der Waals surface area (Å²) in [6, 6.07) is 82.3. The van der Waals surface area contributed by atoms with Gasteiger partial charge in [0.1, 0.15) is 22.8 Å². The lowest BCUT2D eigenvalue weighted by Crippen LogP contribution is -2.36. The zero-order valence-electron chi connectivity index (χ0n) is 37.4. The van der Waals surface area contributed by atoms with Gasteiger partial charge in [-0.05, 0) is 157 Å². The first-order valence-electron chi connectivity index (χ1n) is 23.9. The maximum Gasteiger partial charge on any atom is 0.135 e. The van der Waals surface area contributed by atoms with Crippen LogP contribution in [0.5, 0.6) is 0 Å². The largest absolute Gasteiger partial charge is 0.456 e. The van der Waals surface area contributed by atoms with Crippen LogP contribution in [0.2, 0.25) is 0 Å². The molecule has 1 aromatic heterocycles. The van der Waals surface area contributed by atoms with Crippen molar-refractivity contribution in [1.29, 1.82) is 0 Å². The van der Waals surface area contributed by atoms with E-state index in [1.807, 2.05) is 17.0 Å². The van der Waals surface area contributed by atoms with Crippen LogP contribution in [-0.2, 0) is 5.41 Å². The Morgan fingerprint density at radius 2 is 0.884 bits per heavy atom. The highest BCUT2D eigenvalue weighted by atomic mass is 19.1. The van der Waals surface area contributed by atoms with E-state index in [2.05, 4.69) is 176 Å². The fraction of sp³-hybridized carbons (Fsp3) is 0.0769. The van der Waals surface area contributed by atoms with Gasteiger partial charge in [-0.1, -0.05) is 164 Å². The third-order valence-corrected chi connectivity index (χ3v) is 15.4. The van der Waals surface area contributed by atoms with Crippen molar-refractivity contribution < 1.29 is 13.2 Å². The molecule has 3 atom stereocenters. The van der Waals surface area contributed by atoms with Gasteiger partial charge in [-0.25, -0.2) is 8.78 Å². The third-order valence-electron chi connectivity index (χ3n) is 15.4. The van der Waals surface area contributed by atoms with E-state index in [0.29, 0.717) is 0 Å². The molecule has 11 aromatic rings. The van der Waals surface area contributed by atoms with Crippen LogP contribution in [0.15, 0.2) is 241 Å². The topological polar surface area (TPSA) is 16.4 Å². The van der Waals surface area contributed by atoms with Gasteiger partial charge in [-0.2, -0.15) is 0 Å². The Bertz CT molecular complexity index is 3690. The molecule has 69 heavy (non-hydrogen) atoms. The van der Waals surface area contributed by atoms with E-state index in [-0.39, 0.29) is 35.3 Å². The summed E-state index contributed by atoms with van der Waals surface area (Å²) in [6.45, 7) is 0. The summed E-state index contributed by atoms with van der Waals surface area (Å²) >= 11 is 0. The normalized spacial score (nSPS) is 19.5. The van der Waals surface area contributed by atoms with Crippen molar-refractivity contribution in [3.05, 3.63) is 304 Å². The Labute approximate surface area is 399 Å². The van der Waals surface area contributed by atoms with Crippen molar-refractivity contribution in [1.82, 2.24) is 0 Å². The zero-order valence-corrected chi connectivity index (χ0v) is 37.4. The second-order valence-corrected chi connectivity index (χ2v) is 18.9. The Hall–Kier alpha value is -8.34. The average Bonchev–Trinajstić information content (AvgIpc) is 3.92. The molecule has 1 spiro atoms. The zero-order chi connectivity index (χ0) is 45.8. The van der Waals surface area contributed by atoms with Crippen LogP contribution in [0, 0.1) is 11.6 Å². The van der Waals surface area contributed by atoms with Gasteiger partial charge in [0.25, 0.3) is 0 Å². The molecule has 4 heteroatoms. The van der Waals surface area contributed by atoms with E-state index in [1.54, 1.807) is 24.3 Å². The lowest BCUT2D eigenvalue weighted by atomic mass is 9.58. The fourth-order valence-corrected chi connectivity index (χ4v) is 12.8. The number of fused-ring (bicyclic) bond motifs is 12. The van der Waals surface area contributed by atoms with E-state index in [4.69, 9.17) is 4.42 Å². The number of benzene rings is 10. The van der Waals surface area contributed by atoms with Gasteiger partial charge in [0.2, 0.25) is 0 Å². The van der Waals surface area contributed by atoms with Gasteiger partial charge in [0.05, 0.1) is 5.41 Å². The van der Waals surface area contributed by atoms with Crippen LogP contribution in [0.4, 0.5) is 25.8 Å².